The second-order valence-corrected chi connectivity index (χ2v) is 4.31. The smallest absolute Gasteiger partial charge is 0.125 e. The van der Waals surface area contributed by atoms with Crippen molar-refractivity contribution in [1.82, 2.24) is 0 Å². The Kier molecular flexibility index (Phi) is 2.57. The van der Waals surface area contributed by atoms with Crippen molar-refractivity contribution in [2.75, 3.05) is 6.61 Å². The normalized spacial score (nSPS) is 22.6. The summed E-state index contributed by atoms with van der Waals surface area (Å²) in [4.78, 5) is 0. The van der Waals surface area contributed by atoms with Crippen molar-refractivity contribution < 1.29 is 9.84 Å². The maximum atomic E-state index is 10.4. The van der Waals surface area contributed by atoms with Gasteiger partial charge in [0.25, 0.3) is 0 Å². The third-order valence-corrected chi connectivity index (χ3v) is 3.26. The van der Waals surface area contributed by atoms with E-state index in [9.17, 15) is 5.11 Å². The standard InChI is InChI=1S/C15H14O2/c16-15-12-8-4-5-9-14(12)17-10-13(15)11-6-2-1-3-7-11/h1-9,13,15-16H,10H2/t13-,15+/m1/s1. The van der Waals surface area contributed by atoms with E-state index in [1.807, 2.05) is 54.6 Å². The zero-order chi connectivity index (χ0) is 11.7. The lowest BCUT2D eigenvalue weighted by atomic mass is 9.88. The number of rotatable bonds is 1. The number of hydrogen-bond acceptors (Lipinski definition) is 2. The van der Waals surface area contributed by atoms with Gasteiger partial charge in [-0.3, -0.25) is 0 Å². The summed E-state index contributed by atoms with van der Waals surface area (Å²) in [6.45, 7) is 0.530. The van der Waals surface area contributed by atoms with E-state index >= 15 is 0 Å². The molecule has 1 aliphatic heterocycles. The van der Waals surface area contributed by atoms with Gasteiger partial charge < -0.3 is 9.84 Å². The Labute approximate surface area is 100 Å². The van der Waals surface area contributed by atoms with Crippen molar-refractivity contribution in [3.05, 3.63) is 65.7 Å². The van der Waals surface area contributed by atoms with Gasteiger partial charge in [0.1, 0.15) is 5.75 Å². The molecule has 1 N–H and O–H groups in total. The summed E-state index contributed by atoms with van der Waals surface area (Å²) in [5.74, 6) is 0.818. The highest BCUT2D eigenvalue weighted by Gasteiger charge is 2.29. The summed E-state index contributed by atoms with van der Waals surface area (Å²) in [5, 5.41) is 10.4. The summed E-state index contributed by atoms with van der Waals surface area (Å²) in [6.07, 6.45) is -0.484. The number of ether oxygens (including phenoxy) is 1. The van der Waals surface area contributed by atoms with Crippen LogP contribution in [0.3, 0.4) is 0 Å². The van der Waals surface area contributed by atoms with E-state index in [1.165, 1.54) is 0 Å². The highest BCUT2D eigenvalue weighted by molar-refractivity contribution is 5.40. The SMILES string of the molecule is O[C@H]1c2ccccc2OC[C@@H]1c1ccccc1. The molecule has 0 aliphatic carbocycles. The number of fused-ring (bicyclic) bond motifs is 1. The van der Waals surface area contributed by atoms with Crippen LogP contribution in [0.4, 0.5) is 0 Å². The molecule has 0 spiro atoms. The van der Waals surface area contributed by atoms with E-state index in [-0.39, 0.29) is 5.92 Å². The second-order valence-electron chi connectivity index (χ2n) is 4.31. The van der Waals surface area contributed by atoms with E-state index in [0.29, 0.717) is 6.61 Å². The molecular weight excluding hydrogens is 212 g/mol. The van der Waals surface area contributed by atoms with Gasteiger partial charge in [0, 0.05) is 11.5 Å². The van der Waals surface area contributed by atoms with Crippen LogP contribution in [0.15, 0.2) is 54.6 Å². The zero-order valence-corrected chi connectivity index (χ0v) is 9.41. The minimum absolute atomic E-state index is 0.0195. The number of hydrogen-bond donors (Lipinski definition) is 1. The minimum atomic E-state index is -0.484. The predicted octanol–water partition coefficient (Wildman–Crippen LogP) is 2.90. The molecule has 2 nitrogen and oxygen atoms in total. The molecule has 2 aromatic rings. The van der Waals surface area contributed by atoms with Gasteiger partial charge in [-0.1, -0.05) is 48.5 Å². The summed E-state index contributed by atoms with van der Waals surface area (Å²) >= 11 is 0. The molecule has 0 radical (unpaired) electrons. The van der Waals surface area contributed by atoms with Crippen LogP contribution in [0.25, 0.3) is 0 Å². The highest BCUT2D eigenvalue weighted by Crippen LogP contribution is 2.39. The van der Waals surface area contributed by atoms with Crippen molar-refractivity contribution in [2.45, 2.75) is 12.0 Å². The van der Waals surface area contributed by atoms with E-state index in [4.69, 9.17) is 4.74 Å². The molecule has 1 heterocycles. The van der Waals surface area contributed by atoms with Crippen LogP contribution in [-0.4, -0.2) is 11.7 Å². The fourth-order valence-corrected chi connectivity index (χ4v) is 2.32. The summed E-state index contributed by atoms with van der Waals surface area (Å²) in [6, 6.07) is 17.7. The first-order valence-corrected chi connectivity index (χ1v) is 5.81. The van der Waals surface area contributed by atoms with E-state index in [1.54, 1.807) is 0 Å². The molecule has 0 unspecified atom stereocenters. The number of aliphatic hydroxyl groups excluding tert-OH is 1. The molecule has 2 aromatic carbocycles. The van der Waals surface area contributed by atoms with E-state index < -0.39 is 6.10 Å². The van der Waals surface area contributed by atoms with Crippen LogP contribution in [-0.2, 0) is 0 Å². The van der Waals surface area contributed by atoms with Crippen LogP contribution < -0.4 is 4.74 Å². The molecule has 86 valence electrons. The Morgan fingerprint density at radius 2 is 1.65 bits per heavy atom. The van der Waals surface area contributed by atoms with E-state index in [2.05, 4.69) is 0 Å². The maximum Gasteiger partial charge on any atom is 0.125 e. The van der Waals surface area contributed by atoms with Gasteiger partial charge in [-0.2, -0.15) is 0 Å². The van der Waals surface area contributed by atoms with Crippen molar-refractivity contribution in [2.24, 2.45) is 0 Å². The Bertz CT molecular complexity index is 507. The van der Waals surface area contributed by atoms with Gasteiger partial charge >= 0.3 is 0 Å². The molecule has 0 fully saturated rings. The van der Waals surface area contributed by atoms with Crippen LogP contribution in [0.5, 0.6) is 5.75 Å². The van der Waals surface area contributed by atoms with Gasteiger partial charge in [0.15, 0.2) is 0 Å². The fraction of sp³-hybridized carbons (Fsp3) is 0.200. The quantitative estimate of drug-likeness (QED) is 0.810. The maximum absolute atomic E-state index is 10.4. The molecule has 1 aliphatic rings. The van der Waals surface area contributed by atoms with Crippen LogP contribution >= 0.6 is 0 Å². The highest BCUT2D eigenvalue weighted by atomic mass is 16.5. The Morgan fingerprint density at radius 1 is 0.941 bits per heavy atom. The average Bonchev–Trinajstić information content (AvgIpc) is 2.40. The molecule has 0 aromatic heterocycles. The summed E-state index contributed by atoms with van der Waals surface area (Å²) in [7, 11) is 0. The molecule has 2 heteroatoms. The lowest BCUT2D eigenvalue weighted by molar-refractivity contribution is 0.0890. The largest absolute Gasteiger partial charge is 0.492 e. The topological polar surface area (TPSA) is 29.5 Å². The monoisotopic (exact) mass is 226 g/mol. The molecule has 0 amide bonds. The Hall–Kier alpha value is -1.80. The molecular formula is C15H14O2. The number of para-hydroxylation sites is 1. The van der Waals surface area contributed by atoms with Crippen LogP contribution in [0.1, 0.15) is 23.1 Å². The summed E-state index contributed by atoms with van der Waals surface area (Å²) < 4.78 is 5.70. The van der Waals surface area contributed by atoms with Crippen molar-refractivity contribution in [3.63, 3.8) is 0 Å². The first-order chi connectivity index (χ1) is 8.36. The Balaban J connectivity index is 1.97. The fourth-order valence-electron chi connectivity index (χ4n) is 2.32. The average molecular weight is 226 g/mol. The van der Waals surface area contributed by atoms with Crippen molar-refractivity contribution >= 4 is 0 Å². The van der Waals surface area contributed by atoms with Gasteiger partial charge in [-0.15, -0.1) is 0 Å². The lowest BCUT2D eigenvalue weighted by Gasteiger charge is -2.30. The minimum Gasteiger partial charge on any atom is -0.492 e. The van der Waals surface area contributed by atoms with Crippen molar-refractivity contribution in [1.29, 1.82) is 0 Å². The number of benzene rings is 2. The molecule has 17 heavy (non-hydrogen) atoms. The third kappa shape index (κ3) is 1.81. The molecule has 0 bridgehead atoms. The molecule has 0 saturated carbocycles. The first-order valence-electron chi connectivity index (χ1n) is 5.81. The zero-order valence-electron chi connectivity index (χ0n) is 9.41. The summed E-state index contributed by atoms with van der Waals surface area (Å²) in [5.41, 5.74) is 2.00. The third-order valence-electron chi connectivity index (χ3n) is 3.26. The van der Waals surface area contributed by atoms with Crippen LogP contribution in [0, 0.1) is 0 Å². The van der Waals surface area contributed by atoms with Crippen LogP contribution in [0.2, 0.25) is 0 Å². The van der Waals surface area contributed by atoms with Gasteiger partial charge in [-0.05, 0) is 11.6 Å². The Morgan fingerprint density at radius 3 is 2.47 bits per heavy atom. The second kappa shape index (κ2) is 4.22. The van der Waals surface area contributed by atoms with Gasteiger partial charge in [0.05, 0.1) is 12.7 Å². The van der Waals surface area contributed by atoms with E-state index in [0.717, 1.165) is 16.9 Å². The van der Waals surface area contributed by atoms with Gasteiger partial charge in [0.2, 0.25) is 0 Å². The van der Waals surface area contributed by atoms with Gasteiger partial charge in [-0.25, -0.2) is 0 Å². The first kappa shape index (κ1) is 10.4. The molecule has 3 rings (SSSR count). The number of aliphatic hydroxyl groups is 1. The molecule has 0 saturated heterocycles. The predicted molar refractivity (Wildman–Crippen MR) is 66.1 cm³/mol. The lowest BCUT2D eigenvalue weighted by Crippen LogP contribution is -2.24. The molecule has 2 atom stereocenters. The van der Waals surface area contributed by atoms with Crippen molar-refractivity contribution in [3.8, 4) is 5.75 Å².